The molecule has 0 radical (unpaired) electrons. The van der Waals surface area contributed by atoms with E-state index in [9.17, 15) is 9.59 Å². The molecular formula is C28H45N3O3. The number of hydrogen-bond donors (Lipinski definition) is 0. The van der Waals surface area contributed by atoms with Crippen molar-refractivity contribution in [3.05, 3.63) is 35.9 Å². The highest BCUT2D eigenvalue weighted by atomic mass is 16.5. The van der Waals surface area contributed by atoms with Crippen LogP contribution in [-0.4, -0.2) is 79.4 Å². The van der Waals surface area contributed by atoms with E-state index in [1.807, 2.05) is 40.1 Å². The number of piperazine rings is 1. The first-order valence-corrected chi connectivity index (χ1v) is 12.8. The van der Waals surface area contributed by atoms with E-state index in [0.29, 0.717) is 25.9 Å². The van der Waals surface area contributed by atoms with Crippen molar-refractivity contribution in [1.29, 1.82) is 0 Å². The van der Waals surface area contributed by atoms with Gasteiger partial charge in [-0.05, 0) is 17.9 Å². The molecule has 1 fully saturated rings. The minimum absolute atomic E-state index is 0.0180. The van der Waals surface area contributed by atoms with Crippen molar-refractivity contribution < 1.29 is 14.3 Å². The number of ether oxygens (including phenoxy) is 1. The monoisotopic (exact) mass is 471 g/mol. The van der Waals surface area contributed by atoms with Crippen LogP contribution in [-0.2, 0) is 9.59 Å². The van der Waals surface area contributed by atoms with Crippen molar-refractivity contribution in [2.75, 3.05) is 52.9 Å². The quantitative estimate of drug-likeness (QED) is 0.415. The molecule has 0 bridgehead atoms. The van der Waals surface area contributed by atoms with E-state index in [4.69, 9.17) is 4.74 Å². The molecule has 2 amide bonds. The van der Waals surface area contributed by atoms with Gasteiger partial charge < -0.3 is 14.5 Å². The topological polar surface area (TPSA) is 53.1 Å². The Kier molecular flexibility index (Phi) is 11.6. The molecule has 6 heteroatoms. The SMILES string of the molecule is CCCCCC(=O)N(C/C=C/c1ccccc1OC)CCN1CCN(C(=O)CC(C)(C)C)CC1. The summed E-state index contributed by atoms with van der Waals surface area (Å²) in [7, 11) is 1.67. The van der Waals surface area contributed by atoms with Crippen molar-refractivity contribution >= 4 is 17.9 Å². The third-order valence-electron chi connectivity index (χ3n) is 6.20. The molecule has 190 valence electrons. The molecule has 0 spiro atoms. The fourth-order valence-electron chi connectivity index (χ4n) is 4.16. The normalized spacial score (nSPS) is 15.0. The van der Waals surface area contributed by atoms with Gasteiger partial charge in [-0.2, -0.15) is 0 Å². The second-order valence-corrected chi connectivity index (χ2v) is 10.4. The van der Waals surface area contributed by atoms with E-state index in [1.54, 1.807) is 7.11 Å². The Morgan fingerprint density at radius 3 is 2.44 bits per heavy atom. The molecule has 0 aromatic heterocycles. The molecular weight excluding hydrogens is 426 g/mol. The van der Waals surface area contributed by atoms with Crippen LogP contribution in [0.25, 0.3) is 6.08 Å². The highest BCUT2D eigenvalue weighted by molar-refractivity contribution is 5.77. The van der Waals surface area contributed by atoms with Gasteiger partial charge in [-0.15, -0.1) is 0 Å². The maximum Gasteiger partial charge on any atom is 0.223 e. The highest BCUT2D eigenvalue weighted by Crippen LogP contribution is 2.21. The van der Waals surface area contributed by atoms with E-state index in [-0.39, 0.29) is 17.2 Å². The van der Waals surface area contributed by atoms with Crippen molar-refractivity contribution in [2.45, 2.75) is 59.8 Å². The number of rotatable bonds is 12. The van der Waals surface area contributed by atoms with E-state index >= 15 is 0 Å². The molecule has 2 rings (SSSR count). The number of amides is 2. The largest absolute Gasteiger partial charge is 0.496 e. The fraction of sp³-hybridized carbons (Fsp3) is 0.643. The zero-order valence-electron chi connectivity index (χ0n) is 22.0. The number of hydrogen-bond acceptors (Lipinski definition) is 4. The number of carbonyl (C=O) groups is 2. The molecule has 1 saturated heterocycles. The van der Waals surface area contributed by atoms with Gasteiger partial charge in [0.15, 0.2) is 0 Å². The maximum absolute atomic E-state index is 12.9. The van der Waals surface area contributed by atoms with Gasteiger partial charge in [0, 0.05) is 64.2 Å². The number of carbonyl (C=O) groups excluding carboxylic acids is 2. The number of nitrogens with zero attached hydrogens (tertiary/aromatic N) is 3. The third kappa shape index (κ3) is 9.88. The molecule has 1 aromatic carbocycles. The molecule has 1 aromatic rings. The van der Waals surface area contributed by atoms with Crippen LogP contribution >= 0.6 is 0 Å². The van der Waals surface area contributed by atoms with E-state index < -0.39 is 0 Å². The van der Waals surface area contributed by atoms with Crippen LogP contribution in [0.15, 0.2) is 30.3 Å². The number of para-hydroxylation sites is 1. The van der Waals surface area contributed by atoms with Gasteiger partial charge >= 0.3 is 0 Å². The van der Waals surface area contributed by atoms with Gasteiger partial charge in [0.05, 0.1) is 7.11 Å². The molecule has 1 heterocycles. The molecule has 1 aliphatic heterocycles. The van der Waals surface area contributed by atoms with E-state index in [2.05, 4.69) is 38.7 Å². The minimum atomic E-state index is 0.0180. The lowest BCUT2D eigenvalue weighted by atomic mass is 9.91. The van der Waals surface area contributed by atoms with Crippen LogP contribution in [0.4, 0.5) is 0 Å². The summed E-state index contributed by atoms with van der Waals surface area (Å²) < 4.78 is 5.43. The summed E-state index contributed by atoms with van der Waals surface area (Å²) in [5.74, 6) is 1.30. The van der Waals surface area contributed by atoms with Crippen LogP contribution in [0.2, 0.25) is 0 Å². The van der Waals surface area contributed by atoms with E-state index in [0.717, 1.165) is 63.3 Å². The molecule has 0 saturated carbocycles. The Balaban J connectivity index is 1.90. The standard InChI is InChI=1S/C28H45N3O3/c1-6-7-8-15-26(32)30(16-11-13-24-12-9-10-14-25(24)34-5)20-17-29-18-21-31(22-19-29)27(33)23-28(2,3)4/h9-14H,6-8,15-23H2,1-5H3/b13-11+. The van der Waals surface area contributed by atoms with Crippen LogP contribution in [0.3, 0.4) is 0 Å². The van der Waals surface area contributed by atoms with Gasteiger partial charge in [0.25, 0.3) is 0 Å². The van der Waals surface area contributed by atoms with Crippen molar-refractivity contribution in [3.8, 4) is 5.75 Å². The van der Waals surface area contributed by atoms with Crippen LogP contribution in [0, 0.1) is 5.41 Å². The maximum atomic E-state index is 12.9. The third-order valence-corrected chi connectivity index (χ3v) is 6.20. The molecule has 0 aliphatic carbocycles. The predicted molar refractivity (Wildman–Crippen MR) is 140 cm³/mol. The second-order valence-electron chi connectivity index (χ2n) is 10.4. The van der Waals surface area contributed by atoms with Gasteiger partial charge in [0.2, 0.25) is 11.8 Å². The van der Waals surface area contributed by atoms with Crippen molar-refractivity contribution in [1.82, 2.24) is 14.7 Å². The molecule has 34 heavy (non-hydrogen) atoms. The van der Waals surface area contributed by atoms with E-state index in [1.165, 1.54) is 0 Å². The number of methoxy groups -OCH3 is 1. The van der Waals surface area contributed by atoms with Crippen molar-refractivity contribution in [2.24, 2.45) is 5.41 Å². The Morgan fingerprint density at radius 2 is 1.79 bits per heavy atom. The zero-order chi connectivity index (χ0) is 25.0. The highest BCUT2D eigenvalue weighted by Gasteiger charge is 2.25. The number of unbranched alkanes of at least 4 members (excludes halogenated alkanes) is 2. The van der Waals surface area contributed by atoms with Crippen LogP contribution < -0.4 is 4.74 Å². The Labute approximate surface area is 206 Å². The summed E-state index contributed by atoms with van der Waals surface area (Å²) in [5, 5.41) is 0. The lowest BCUT2D eigenvalue weighted by Gasteiger charge is -2.36. The first-order valence-electron chi connectivity index (χ1n) is 12.8. The zero-order valence-corrected chi connectivity index (χ0v) is 22.0. The smallest absolute Gasteiger partial charge is 0.223 e. The summed E-state index contributed by atoms with van der Waals surface area (Å²) in [4.78, 5) is 31.8. The molecule has 0 unspecified atom stereocenters. The summed E-state index contributed by atoms with van der Waals surface area (Å²) in [6.45, 7) is 13.9. The summed E-state index contributed by atoms with van der Waals surface area (Å²) in [6.07, 6.45) is 8.41. The van der Waals surface area contributed by atoms with Gasteiger partial charge in [0.1, 0.15) is 5.75 Å². The Morgan fingerprint density at radius 1 is 1.09 bits per heavy atom. The molecule has 0 atom stereocenters. The molecule has 6 nitrogen and oxygen atoms in total. The van der Waals surface area contributed by atoms with Gasteiger partial charge in [-0.25, -0.2) is 0 Å². The first-order chi connectivity index (χ1) is 16.2. The Hall–Kier alpha value is -2.34. The molecule has 1 aliphatic rings. The minimum Gasteiger partial charge on any atom is -0.496 e. The fourth-order valence-corrected chi connectivity index (χ4v) is 4.16. The molecule has 0 N–H and O–H groups in total. The predicted octanol–water partition coefficient (Wildman–Crippen LogP) is 4.70. The lowest BCUT2D eigenvalue weighted by molar-refractivity contribution is -0.134. The Bertz CT molecular complexity index is 792. The second kappa shape index (κ2) is 14.1. The summed E-state index contributed by atoms with van der Waals surface area (Å²) >= 11 is 0. The first kappa shape index (κ1) is 27.9. The van der Waals surface area contributed by atoms with Gasteiger partial charge in [-0.3, -0.25) is 14.5 Å². The van der Waals surface area contributed by atoms with Crippen LogP contribution in [0.1, 0.15) is 65.4 Å². The average molecular weight is 472 g/mol. The van der Waals surface area contributed by atoms with Gasteiger partial charge in [-0.1, -0.05) is 70.9 Å². The lowest BCUT2D eigenvalue weighted by Crippen LogP contribution is -2.51. The number of benzene rings is 1. The average Bonchev–Trinajstić information content (AvgIpc) is 2.80. The van der Waals surface area contributed by atoms with Crippen LogP contribution in [0.5, 0.6) is 5.75 Å². The van der Waals surface area contributed by atoms with Crippen molar-refractivity contribution in [3.63, 3.8) is 0 Å². The summed E-state index contributed by atoms with van der Waals surface area (Å²) in [5.41, 5.74) is 1.03. The summed E-state index contributed by atoms with van der Waals surface area (Å²) in [6, 6.07) is 7.90.